The van der Waals surface area contributed by atoms with Crippen LogP contribution in [0.2, 0.25) is 0 Å². The number of rotatable bonds is 6. The van der Waals surface area contributed by atoms with Gasteiger partial charge in [0.1, 0.15) is 0 Å². The van der Waals surface area contributed by atoms with Crippen LogP contribution in [-0.2, 0) is 4.79 Å². The summed E-state index contributed by atoms with van der Waals surface area (Å²) in [4.78, 5) is 26.1. The zero-order valence-electron chi connectivity index (χ0n) is 14.1. The van der Waals surface area contributed by atoms with Gasteiger partial charge < -0.3 is 9.47 Å². The van der Waals surface area contributed by atoms with E-state index in [1.807, 2.05) is 39.8 Å². The predicted octanol–water partition coefficient (Wildman–Crippen LogP) is 4.69. The van der Waals surface area contributed by atoms with Gasteiger partial charge in [0.05, 0.1) is 18.1 Å². The number of amides is 2. The molecule has 0 radical (unpaired) electrons. The molecule has 0 saturated carbocycles. The molecule has 2 rings (SSSR count). The van der Waals surface area contributed by atoms with Gasteiger partial charge in [-0.3, -0.25) is 14.5 Å². The number of nitrogens with zero attached hydrogens (tertiary/aromatic N) is 1. The molecule has 7 heteroatoms. The molecule has 0 atom stereocenters. The number of imide groups is 1. The molecule has 2 amide bonds. The molecule has 1 fully saturated rings. The highest BCUT2D eigenvalue weighted by Gasteiger charge is 2.36. The summed E-state index contributed by atoms with van der Waals surface area (Å²) < 4.78 is 12.0. The van der Waals surface area contributed by atoms with Crippen molar-refractivity contribution in [3.8, 4) is 11.5 Å². The van der Waals surface area contributed by atoms with Gasteiger partial charge in [-0.25, -0.2) is 0 Å². The van der Waals surface area contributed by atoms with E-state index in [0.29, 0.717) is 29.6 Å². The molecule has 1 heterocycles. The molecule has 0 aromatic heterocycles. The zero-order valence-corrected chi connectivity index (χ0v) is 16.5. The number of hydrogen-bond acceptors (Lipinski definition) is 5. The number of carbonyl (C=O) groups is 2. The second-order valence-electron chi connectivity index (χ2n) is 5.33. The molecule has 0 bridgehead atoms. The van der Waals surface area contributed by atoms with Crippen LogP contribution in [0.5, 0.6) is 11.5 Å². The van der Waals surface area contributed by atoms with Crippen molar-refractivity contribution in [2.45, 2.75) is 33.7 Å². The summed E-state index contributed by atoms with van der Waals surface area (Å²) in [6.07, 6.45) is 1.70. The number of halogens is 1. The second-order valence-corrected chi connectivity index (χ2v) is 7.18. The minimum absolute atomic E-state index is 0.161. The van der Waals surface area contributed by atoms with Crippen LogP contribution < -0.4 is 9.47 Å². The van der Waals surface area contributed by atoms with E-state index in [4.69, 9.17) is 9.47 Å². The van der Waals surface area contributed by atoms with Gasteiger partial charge in [-0.1, -0.05) is 15.9 Å². The van der Waals surface area contributed by atoms with Gasteiger partial charge in [-0.2, -0.15) is 0 Å². The van der Waals surface area contributed by atoms with Crippen molar-refractivity contribution < 1.29 is 19.1 Å². The zero-order chi connectivity index (χ0) is 17.9. The Balaban J connectivity index is 2.40. The van der Waals surface area contributed by atoms with Crippen LogP contribution in [0.1, 0.15) is 33.3 Å². The summed E-state index contributed by atoms with van der Waals surface area (Å²) in [6, 6.07) is 3.46. The van der Waals surface area contributed by atoms with Gasteiger partial charge in [-0.15, -0.1) is 0 Å². The first-order valence-corrected chi connectivity index (χ1v) is 9.36. The summed E-state index contributed by atoms with van der Waals surface area (Å²) >= 11 is 4.44. The Labute approximate surface area is 154 Å². The summed E-state index contributed by atoms with van der Waals surface area (Å²) in [6.45, 7) is 8.47. The van der Waals surface area contributed by atoms with Gasteiger partial charge in [0.25, 0.3) is 11.1 Å². The van der Waals surface area contributed by atoms with Crippen molar-refractivity contribution in [2.75, 3.05) is 13.2 Å². The smallest absolute Gasteiger partial charge is 0.293 e. The van der Waals surface area contributed by atoms with Gasteiger partial charge in [0.2, 0.25) is 0 Å². The molecule has 1 aliphatic heterocycles. The first kappa shape index (κ1) is 18.9. The fourth-order valence-electron chi connectivity index (χ4n) is 2.26. The third-order valence-corrected chi connectivity index (χ3v) is 4.86. The Morgan fingerprint density at radius 2 is 1.75 bits per heavy atom. The lowest BCUT2D eigenvalue weighted by atomic mass is 10.1. The molecule has 0 spiro atoms. The van der Waals surface area contributed by atoms with Crippen molar-refractivity contribution >= 4 is 44.9 Å². The van der Waals surface area contributed by atoms with Crippen LogP contribution in [0.15, 0.2) is 21.5 Å². The highest BCUT2D eigenvalue weighted by atomic mass is 79.9. The van der Waals surface area contributed by atoms with Crippen LogP contribution in [-0.4, -0.2) is 35.3 Å². The first-order chi connectivity index (χ1) is 11.4. The van der Waals surface area contributed by atoms with Crippen molar-refractivity contribution in [1.82, 2.24) is 4.90 Å². The SMILES string of the molecule is CCOc1cc(Br)c(/C=C2/SC(=O)N(C(C)C)C2=O)cc1OCC. The molecule has 1 aromatic rings. The van der Waals surface area contributed by atoms with Crippen molar-refractivity contribution in [3.63, 3.8) is 0 Å². The van der Waals surface area contributed by atoms with Crippen LogP contribution in [0, 0.1) is 0 Å². The number of hydrogen-bond donors (Lipinski definition) is 0. The van der Waals surface area contributed by atoms with Crippen LogP contribution in [0.4, 0.5) is 4.79 Å². The van der Waals surface area contributed by atoms with E-state index in [2.05, 4.69) is 15.9 Å². The van der Waals surface area contributed by atoms with Crippen LogP contribution in [0.25, 0.3) is 6.08 Å². The third kappa shape index (κ3) is 3.95. The Bertz CT molecular complexity index is 687. The summed E-state index contributed by atoms with van der Waals surface area (Å²) in [5.74, 6) is 0.981. The maximum absolute atomic E-state index is 12.4. The highest BCUT2D eigenvalue weighted by Crippen LogP contribution is 2.38. The quantitative estimate of drug-likeness (QED) is 0.632. The molecule has 0 unspecified atom stereocenters. The predicted molar refractivity (Wildman–Crippen MR) is 99.4 cm³/mol. The van der Waals surface area contributed by atoms with Gasteiger partial charge in [0, 0.05) is 10.5 Å². The molecule has 0 aliphatic carbocycles. The normalized spacial score (nSPS) is 16.4. The standard InChI is InChI=1S/C17H20BrNO4S/c1-5-22-13-7-11(12(18)9-14(13)23-6-2)8-15-16(20)19(10(3)4)17(21)24-15/h7-10H,5-6H2,1-4H3/b15-8+. The molecule has 0 N–H and O–H groups in total. The molecule has 1 aromatic carbocycles. The van der Waals surface area contributed by atoms with Gasteiger partial charge in [-0.05, 0) is 63.2 Å². The monoisotopic (exact) mass is 413 g/mol. The fourth-order valence-corrected chi connectivity index (χ4v) is 3.65. The molecule has 5 nitrogen and oxygen atoms in total. The number of ether oxygens (including phenoxy) is 2. The lowest BCUT2D eigenvalue weighted by Crippen LogP contribution is -2.34. The average molecular weight is 414 g/mol. The lowest BCUT2D eigenvalue weighted by Gasteiger charge is -2.16. The van der Waals surface area contributed by atoms with E-state index in [1.165, 1.54) is 4.90 Å². The van der Waals surface area contributed by atoms with Gasteiger partial charge in [0.15, 0.2) is 11.5 Å². The summed E-state index contributed by atoms with van der Waals surface area (Å²) in [5, 5.41) is -0.242. The number of benzene rings is 1. The van der Waals surface area contributed by atoms with E-state index < -0.39 is 0 Å². The molecule has 1 saturated heterocycles. The average Bonchev–Trinajstić information content (AvgIpc) is 2.78. The van der Waals surface area contributed by atoms with E-state index in [1.54, 1.807) is 6.08 Å². The molecular weight excluding hydrogens is 394 g/mol. The Morgan fingerprint density at radius 3 is 2.25 bits per heavy atom. The Kier molecular flexibility index (Phi) is 6.34. The summed E-state index contributed by atoms with van der Waals surface area (Å²) in [5.41, 5.74) is 0.760. The fraction of sp³-hybridized carbons (Fsp3) is 0.412. The molecule has 1 aliphatic rings. The lowest BCUT2D eigenvalue weighted by molar-refractivity contribution is -0.123. The van der Waals surface area contributed by atoms with E-state index in [-0.39, 0.29) is 17.2 Å². The molecular formula is C17H20BrNO4S. The van der Waals surface area contributed by atoms with Gasteiger partial charge >= 0.3 is 0 Å². The van der Waals surface area contributed by atoms with E-state index in [9.17, 15) is 9.59 Å². The number of thioether (sulfide) groups is 1. The van der Waals surface area contributed by atoms with Crippen molar-refractivity contribution in [1.29, 1.82) is 0 Å². The second kappa shape index (κ2) is 8.07. The highest BCUT2D eigenvalue weighted by molar-refractivity contribution is 9.10. The molecule has 24 heavy (non-hydrogen) atoms. The maximum Gasteiger partial charge on any atom is 0.293 e. The maximum atomic E-state index is 12.4. The van der Waals surface area contributed by atoms with E-state index >= 15 is 0 Å². The minimum atomic E-state index is -0.265. The minimum Gasteiger partial charge on any atom is -0.490 e. The number of carbonyl (C=O) groups excluding carboxylic acids is 2. The Morgan fingerprint density at radius 1 is 1.17 bits per heavy atom. The first-order valence-electron chi connectivity index (χ1n) is 7.75. The van der Waals surface area contributed by atoms with Crippen molar-refractivity contribution in [2.24, 2.45) is 0 Å². The van der Waals surface area contributed by atoms with E-state index in [0.717, 1.165) is 21.8 Å². The third-order valence-electron chi connectivity index (χ3n) is 3.29. The molecule has 130 valence electrons. The Hall–Kier alpha value is -1.47. The van der Waals surface area contributed by atoms with Crippen LogP contribution in [0.3, 0.4) is 0 Å². The summed E-state index contributed by atoms with van der Waals surface area (Å²) in [7, 11) is 0. The van der Waals surface area contributed by atoms with Crippen LogP contribution >= 0.6 is 27.7 Å². The van der Waals surface area contributed by atoms with Crippen molar-refractivity contribution in [3.05, 3.63) is 27.1 Å². The largest absolute Gasteiger partial charge is 0.490 e. The topological polar surface area (TPSA) is 55.8 Å².